The largest absolute Gasteiger partial charge is 0.504 e. The van der Waals surface area contributed by atoms with E-state index in [1.807, 2.05) is 0 Å². The minimum atomic E-state index is -1.16. The molecule has 2 N–H and O–H groups in total. The summed E-state index contributed by atoms with van der Waals surface area (Å²) in [4.78, 5) is 26.6. The summed E-state index contributed by atoms with van der Waals surface area (Å²) in [5, 5.41) is 27.6. The molecule has 0 radical (unpaired) electrons. The van der Waals surface area contributed by atoms with Gasteiger partial charge in [0.05, 0.1) is 12.0 Å². The van der Waals surface area contributed by atoms with Crippen LogP contribution in [0.3, 0.4) is 0 Å². The fraction of sp³-hybridized carbons (Fsp3) is 0.176. The lowest BCUT2D eigenvalue weighted by Gasteiger charge is -2.08. The Morgan fingerprint density at radius 2 is 1.96 bits per heavy atom. The van der Waals surface area contributed by atoms with Crippen LogP contribution in [0, 0.1) is 17.1 Å². The van der Waals surface area contributed by atoms with Gasteiger partial charge >= 0.3 is 5.97 Å². The Labute approximate surface area is 136 Å². The van der Waals surface area contributed by atoms with Crippen LogP contribution in [-0.4, -0.2) is 26.9 Å². The molecule has 6 nitrogen and oxygen atoms in total. The zero-order valence-corrected chi connectivity index (χ0v) is 12.5. The van der Waals surface area contributed by atoms with Crippen LogP contribution in [0.2, 0.25) is 0 Å². The van der Waals surface area contributed by atoms with Crippen LogP contribution in [0.5, 0.6) is 5.75 Å². The van der Waals surface area contributed by atoms with Crippen LogP contribution in [0.25, 0.3) is 0 Å². The van der Waals surface area contributed by atoms with E-state index >= 15 is 0 Å². The number of carboxylic acid groups (broad SMARTS) is 1. The molecule has 0 atom stereocenters. The summed E-state index contributed by atoms with van der Waals surface area (Å²) in [5.41, 5.74) is 0.00768. The lowest BCUT2D eigenvalue weighted by atomic mass is 10.0. The Morgan fingerprint density at radius 3 is 2.58 bits per heavy atom. The molecule has 0 spiro atoms. The average molecular weight is 328 g/mol. The molecule has 1 aromatic carbocycles. The van der Waals surface area contributed by atoms with Gasteiger partial charge < -0.3 is 10.2 Å². The molecule has 1 aromatic heterocycles. The number of aliphatic carboxylic acids is 1. The standard InChI is InChI=1S/C17H13FN2O4/c18-13-4-2-1-3-10(13)7-12-8-11(9-19)17(24)16(20-12)14(21)5-6-15(22)23/h1-4,8,24H,5-7H2,(H,22,23). The van der Waals surface area contributed by atoms with Crippen LogP contribution >= 0.6 is 0 Å². The summed E-state index contributed by atoms with van der Waals surface area (Å²) in [6.45, 7) is 0. The summed E-state index contributed by atoms with van der Waals surface area (Å²) < 4.78 is 13.7. The van der Waals surface area contributed by atoms with Gasteiger partial charge in [0, 0.05) is 18.5 Å². The van der Waals surface area contributed by atoms with Gasteiger partial charge in [-0.05, 0) is 17.7 Å². The van der Waals surface area contributed by atoms with Gasteiger partial charge in [-0.15, -0.1) is 0 Å². The third-order valence-corrected chi connectivity index (χ3v) is 3.33. The third-order valence-electron chi connectivity index (χ3n) is 3.33. The molecule has 24 heavy (non-hydrogen) atoms. The van der Waals surface area contributed by atoms with Crippen molar-refractivity contribution >= 4 is 11.8 Å². The predicted molar refractivity (Wildman–Crippen MR) is 81.0 cm³/mol. The van der Waals surface area contributed by atoms with Gasteiger partial charge in [0.25, 0.3) is 0 Å². The van der Waals surface area contributed by atoms with Crippen molar-refractivity contribution in [1.82, 2.24) is 4.98 Å². The molecule has 0 aliphatic heterocycles. The molecule has 0 saturated heterocycles. The molecular weight excluding hydrogens is 315 g/mol. The summed E-state index contributed by atoms with van der Waals surface area (Å²) >= 11 is 0. The molecule has 0 unspecified atom stereocenters. The van der Waals surface area contributed by atoms with E-state index < -0.39 is 29.7 Å². The van der Waals surface area contributed by atoms with Gasteiger partial charge in [-0.25, -0.2) is 9.37 Å². The molecule has 0 bridgehead atoms. The van der Waals surface area contributed by atoms with Gasteiger partial charge in [0.1, 0.15) is 17.6 Å². The molecule has 122 valence electrons. The van der Waals surface area contributed by atoms with E-state index in [1.54, 1.807) is 18.2 Å². The maximum absolute atomic E-state index is 13.7. The summed E-state index contributed by atoms with van der Waals surface area (Å²) in [5.74, 6) is -2.90. The number of pyridine rings is 1. The Kier molecular flexibility index (Phi) is 5.22. The maximum Gasteiger partial charge on any atom is 0.303 e. The van der Waals surface area contributed by atoms with E-state index in [9.17, 15) is 19.1 Å². The SMILES string of the molecule is N#Cc1cc(Cc2ccccc2F)nc(C(=O)CCC(=O)O)c1O. The third kappa shape index (κ3) is 3.93. The Hall–Kier alpha value is -3.27. The Balaban J connectivity index is 2.38. The van der Waals surface area contributed by atoms with Gasteiger partial charge in [0.15, 0.2) is 11.5 Å². The zero-order chi connectivity index (χ0) is 17.7. The van der Waals surface area contributed by atoms with Crippen LogP contribution in [0.15, 0.2) is 30.3 Å². The fourth-order valence-electron chi connectivity index (χ4n) is 2.14. The molecule has 0 aliphatic carbocycles. The highest BCUT2D eigenvalue weighted by molar-refractivity contribution is 5.98. The molecule has 1 heterocycles. The predicted octanol–water partition coefficient (Wildman–Crippen LogP) is 2.44. The molecule has 0 aliphatic rings. The van der Waals surface area contributed by atoms with Crippen molar-refractivity contribution in [3.05, 3.63) is 58.7 Å². The van der Waals surface area contributed by atoms with E-state index in [2.05, 4.69) is 4.98 Å². The number of carbonyl (C=O) groups is 2. The maximum atomic E-state index is 13.7. The molecule has 7 heteroatoms. The van der Waals surface area contributed by atoms with Crippen molar-refractivity contribution in [3.8, 4) is 11.8 Å². The number of rotatable bonds is 6. The molecule has 0 fully saturated rings. The number of Topliss-reactive ketones (excluding diaryl/α,β-unsaturated/α-hetero) is 1. The van der Waals surface area contributed by atoms with Gasteiger partial charge in [0.2, 0.25) is 0 Å². The van der Waals surface area contributed by atoms with Crippen molar-refractivity contribution in [2.24, 2.45) is 0 Å². The van der Waals surface area contributed by atoms with E-state index in [1.165, 1.54) is 18.2 Å². The topological polar surface area (TPSA) is 111 Å². The first-order valence-corrected chi connectivity index (χ1v) is 7.03. The highest BCUT2D eigenvalue weighted by atomic mass is 19.1. The molecular formula is C17H13FN2O4. The quantitative estimate of drug-likeness (QED) is 0.788. The van der Waals surface area contributed by atoms with Crippen molar-refractivity contribution in [2.45, 2.75) is 19.3 Å². The number of nitriles is 1. The molecule has 0 amide bonds. The second-order valence-corrected chi connectivity index (χ2v) is 5.06. The molecule has 2 aromatic rings. The Bertz CT molecular complexity index is 843. The number of hydrogen-bond donors (Lipinski definition) is 2. The second-order valence-electron chi connectivity index (χ2n) is 5.06. The number of aromatic nitrogens is 1. The smallest absolute Gasteiger partial charge is 0.303 e. The lowest BCUT2D eigenvalue weighted by molar-refractivity contribution is -0.136. The first kappa shape index (κ1) is 17.1. The lowest BCUT2D eigenvalue weighted by Crippen LogP contribution is -2.09. The average Bonchev–Trinajstić information content (AvgIpc) is 2.56. The summed E-state index contributed by atoms with van der Waals surface area (Å²) in [6, 6.07) is 9.01. The highest BCUT2D eigenvalue weighted by Gasteiger charge is 2.19. The number of carboxylic acids is 1. The van der Waals surface area contributed by atoms with Gasteiger partial charge in [-0.2, -0.15) is 5.26 Å². The van der Waals surface area contributed by atoms with Gasteiger partial charge in [-0.3, -0.25) is 9.59 Å². The molecule has 2 rings (SSSR count). The number of nitrogens with zero attached hydrogens (tertiary/aromatic N) is 2. The van der Waals surface area contributed by atoms with Crippen molar-refractivity contribution in [1.29, 1.82) is 5.26 Å². The Morgan fingerprint density at radius 1 is 1.25 bits per heavy atom. The number of hydrogen-bond acceptors (Lipinski definition) is 5. The normalized spacial score (nSPS) is 10.2. The van der Waals surface area contributed by atoms with E-state index in [-0.39, 0.29) is 29.8 Å². The summed E-state index contributed by atoms with van der Waals surface area (Å²) in [6.07, 6.45) is -0.746. The van der Waals surface area contributed by atoms with Gasteiger partial charge in [-0.1, -0.05) is 18.2 Å². The fourth-order valence-corrected chi connectivity index (χ4v) is 2.14. The van der Waals surface area contributed by atoms with Crippen molar-refractivity contribution in [2.75, 3.05) is 0 Å². The number of benzene rings is 1. The number of ketones is 1. The second kappa shape index (κ2) is 7.33. The minimum Gasteiger partial charge on any atom is -0.504 e. The monoisotopic (exact) mass is 328 g/mol. The van der Waals surface area contributed by atoms with E-state index in [0.29, 0.717) is 5.56 Å². The molecule has 0 saturated carbocycles. The van der Waals surface area contributed by atoms with Crippen LogP contribution < -0.4 is 0 Å². The van der Waals surface area contributed by atoms with Crippen LogP contribution in [0.1, 0.15) is 40.2 Å². The number of aromatic hydroxyl groups is 1. The number of carbonyl (C=O) groups excluding carboxylic acids is 1. The highest BCUT2D eigenvalue weighted by Crippen LogP contribution is 2.24. The van der Waals surface area contributed by atoms with Crippen LogP contribution in [0.4, 0.5) is 4.39 Å². The van der Waals surface area contributed by atoms with E-state index in [4.69, 9.17) is 10.4 Å². The zero-order valence-electron chi connectivity index (χ0n) is 12.5. The van der Waals surface area contributed by atoms with Crippen molar-refractivity contribution < 1.29 is 24.2 Å². The first-order chi connectivity index (χ1) is 11.4. The van der Waals surface area contributed by atoms with E-state index in [0.717, 1.165) is 0 Å². The van der Waals surface area contributed by atoms with Crippen molar-refractivity contribution in [3.63, 3.8) is 0 Å². The first-order valence-electron chi connectivity index (χ1n) is 7.03. The number of halogens is 1. The van der Waals surface area contributed by atoms with Crippen LogP contribution in [-0.2, 0) is 11.2 Å². The summed E-state index contributed by atoms with van der Waals surface area (Å²) in [7, 11) is 0. The minimum absolute atomic E-state index is 0.0286.